The molecule has 110 valence electrons. The number of benzene rings is 1. The second-order valence-electron chi connectivity index (χ2n) is 5.77. The van der Waals surface area contributed by atoms with E-state index in [1.807, 2.05) is 0 Å². The van der Waals surface area contributed by atoms with Crippen molar-refractivity contribution in [2.45, 2.75) is 19.4 Å². The Morgan fingerprint density at radius 3 is 2.60 bits per heavy atom. The maximum atomic E-state index is 10.8. The van der Waals surface area contributed by atoms with E-state index in [9.17, 15) is 10.1 Å². The van der Waals surface area contributed by atoms with Crippen LogP contribution in [0.5, 0.6) is 5.75 Å². The van der Waals surface area contributed by atoms with Crippen molar-refractivity contribution < 1.29 is 9.66 Å². The number of non-ortho nitro benzene ring substituents is 1. The number of rotatable bonds is 3. The van der Waals surface area contributed by atoms with E-state index >= 15 is 0 Å². The first-order chi connectivity index (χ1) is 9.35. The van der Waals surface area contributed by atoms with Gasteiger partial charge in [0.05, 0.1) is 23.8 Å². The standard InChI is InChI=1S/C14H21N3O3/c1-14(2)10-16(8-7-15(14)3)12-6-5-11(17(18)19)9-13(12)20-4/h5-6,9H,7-8,10H2,1-4H3. The van der Waals surface area contributed by atoms with Crippen molar-refractivity contribution in [3.05, 3.63) is 28.3 Å². The number of nitro groups is 1. The quantitative estimate of drug-likeness (QED) is 0.626. The number of nitro benzene ring substituents is 1. The average Bonchev–Trinajstić information content (AvgIpc) is 2.41. The molecule has 6 nitrogen and oxygen atoms in total. The molecule has 0 radical (unpaired) electrons. The Labute approximate surface area is 119 Å². The highest BCUT2D eigenvalue weighted by molar-refractivity contribution is 5.63. The molecule has 0 aliphatic carbocycles. The number of likely N-dealkylation sites (N-methyl/N-ethyl adjacent to an activating group) is 1. The van der Waals surface area contributed by atoms with Gasteiger partial charge >= 0.3 is 0 Å². The summed E-state index contributed by atoms with van der Waals surface area (Å²) in [5.41, 5.74) is 1.03. The number of methoxy groups -OCH3 is 1. The lowest BCUT2D eigenvalue weighted by molar-refractivity contribution is -0.384. The van der Waals surface area contributed by atoms with Gasteiger partial charge in [0.25, 0.3) is 5.69 Å². The van der Waals surface area contributed by atoms with Gasteiger partial charge in [0.2, 0.25) is 0 Å². The number of piperazine rings is 1. The molecule has 0 aromatic heterocycles. The fourth-order valence-corrected chi connectivity index (χ4v) is 2.49. The van der Waals surface area contributed by atoms with Crippen molar-refractivity contribution in [3.63, 3.8) is 0 Å². The smallest absolute Gasteiger partial charge is 0.273 e. The first-order valence-electron chi connectivity index (χ1n) is 6.64. The molecule has 6 heteroatoms. The van der Waals surface area contributed by atoms with Gasteiger partial charge < -0.3 is 9.64 Å². The normalized spacial score (nSPS) is 18.9. The largest absolute Gasteiger partial charge is 0.494 e. The van der Waals surface area contributed by atoms with Crippen molar-refractivity contribution in [2.75, 3.05) is 38.7 Å². The van der Waals surface area contributed by atoms with E-state index in [0.717, 1.165) is 25.3 Å². The number of hydrogen-bond donors (Lipinski definition) is 0. The molecule has 2 rings (SSSR count). The van der Waals surface area contributed by atoms with Crippen LogP contribution in [0.3, 0.4) is 0 Å². The molecule has 1 heterocycles. The minimum atomic E-state index is -0.403. The Balaban J connectivity index is 2.31. The zero-order valence-corrected chi connectivity index (χ0v) is 12.4. The number of ether oxygens (including phenoxy) is 1. The monoisotopic (exact) mass is 279 g/mol. The van der Waals surface area contributed by atoms with Crippen molar-refractivity contribution in [1.29, 1.82) is 0 Å². The molecule has 1 aliphatic rings. The van der Waals surface area contributed by atoms with Gasteiger partial charge in [-0.1, -0.05) is 0 Å². The van der Waals surface area contributed by atoms with E-state index in [1.165, 1.54) is 12.1 Å². The molecule has 0 spiro atoms. The summed E-state index contributed by atoms with van der Waals surface area (Å²) in [5, 5.41) is 10.8. The van der Waals surface area contributed by atoms with Gasteiger partial charge in [0.1, 0.15) is 5.75 Å². The Morgan fingerprint density at radius 1 is 1.35 bits per heavy atom. The summed E-state index contributed by atoms with van der Waals surface area (Å²) in [5.74, 6) is 0.555. The third-order valence-corrected chi connectivity index (χ3v) is 4.03. The zero-order chi connectivity index (χ0) is 14.9. The van der Waals surface area contributed by atoms with E-state index in [2.05, 4.69) is 30.7 Å². The van der Waals surface area contributed by atoms with Gasteiger partial charge in [-0.05, 0) is 27.0 Å². The maximum Gasteiger partial charge on any atom is 0.273 e. The van der Waals surface area contributed by atoms with E-state index in [4.69, 9.17) is 4.74 Å². The number of hydrogen-bond acceptors (Lipinski definition) is 5. The molecule has 0 atom stereocenters. The molecule has 0 amide bonds. The first kappa shape index (κ1) is 14.6. The van der Waals surface area contributed by atoms with Gasteiger partial charge in [-0.15, -0.1) is 0 Å². The molecule has 0 N–H and O–H groups in total. The summed E-state index contributed by atoms with van der Waals surface area (Å²) in [4.78, 5) is 15.0. The summed E-state index contributed by atoms with van der Waals surface area (Å²) in [6.45, 7) is 7.08. The summed E-state index contributed by atoms with van der Waals surface area (Å²) in [7, 11) is 3.66. The van der Waals surface area contributed by atoms with Gasteiger partial charge in [-0.25, -0.2) is 0 Å². The number of nitrogens with zero attached hydrogens (tertiary/aromatic N) is 3. The van der Waals surface area contributed by atoms with Crippen molar-refractivity contribution in [2.24, 2.45) is 0 Å². The molecule has 1 fully saturated rings. The van der Waals surface area contributed by atoms with Crippen LogP contribution in [0.2, 0.25) is 0 Å². The molecular formula is C14H21N3O3. The Hall–Kier alpha value is -1.82. The van der Waals surface area contributed by atoms with Crippen LogP contribution in [0.15, 0.2) is 18.2 Å². The molecule has 0 saturated carbocycles. The molecule has 0 unspecified atom stereocenters. The SMILES string of the molecule is COc1cc([N+](=O)[O-])ccc1N1CCN(C)C(C)(C)C1. The fraction of sp³-hybridized carbons (Fsp3) is 0.571. The van der Waals surface area contributed by atoms with Gasteiger partial charge in [0.15, 0.2) is 0 Å². The van der Waals surface area contributed by atoms with Gasteiger partial charge in [0, 0.05) is 31.2 Å². The average molecular weight is 279 g/mol. The molecule has 20 heavy (non-hydrogen) atoms. The van der Waals surface area contributed by atoms with Crippen LogP contribution >= 0.6 is 0 Å². The molecule has 1 aromatic carbocycles. The Bertz CT molecular complexity index is 516. The van der Waals surface area contributed by atoms with Crippen LogP contribution in [0, 0.1) is 10.1 Å². The molecule has 0 bridgehead atoms. The van der Waals surface area contributed by atoms with Crippen LogP contribution in [0.25, 0.3) is 0 Å². The topological polar surface area (TPSA) is 58.9 Å². The summed E-state index contributed by atoms with van der Waals surface area (Å²) in [6, 6.07) is 4.79. The van der Waals surface area contributed by atoms with E-state index in [0.29, 0.717) is 5.75 Å². The highest BCUT2D eigenvalue weighted by Crippen LogP contribution is 2.34. The predicted octanol–water partition coefficient (Wildman–Crippen LogP) is 2.13. The van der Waals surface area contributed by atoms with Gasteiger partial charge in [-0.3, -0.25) is 15.0 Å². The summed E-state index contributed by atoms with van der Waals surface area (Å²) in [6.07, 6.45) is 0. The van der Waals surface area contributed by atoms with Crippen LogP contribution in [-0.2, 0) is 0 Å². The van der Waals surface area contributed by atoms with Crippen LogP contribution in [0.1, 0.15) is 13.8 Å². The lowest BCUT2D eigenvalue weighted by atomic mass is 9.99. The van der Waals surface area contributed by atoms with Crippen LogP contribution < -0.4 is 9.64 Å². The van der Waals surface area contributed by atoms with E-state index < -0.39 is 4.92 Å². The first-order valence-corrected chi connectivity index (χ1v) is 6.64. The van der Waals surface area contributed by atoms with E-state index in [1.54, 1.807) is 13.2 Å². The number of anilines is 1. The van der Waals surface area contributed by atoms with E-state index in [-0.39, 0.29) is 11.2 Å². The lowest BCUT2D eigenvalue weighted by Gasteiger charge is -2.46. The van der Waals surface area contributed by atoms with Crippen molar-refractivity contribution >= 4 is 11.4 Å². The third-order valence-electron chi connectivity index (χ3n) is 4.03. The molecule has 1 aliphatic heterocycles. The zero-order valence-electron chi connectivity index (χ0n) is 12.4. The minimum Gasteiger partial charge on any atom is -0.494 e. The fourth-order valence-electron chi connectivity index (χ4n) is 2.49. The molecular weight excluding hydrogens is 258 g/mol. The minimum absolute atomic E-state index is 0.0546. The second kappa shape index (κ2) is 5.28. The van der Waals surface area contributed by atoms with Crippen molar-refractivity contribution in [3.8, 4) is 5.75 Å². The van der Waals surface area contributed by atoms with Crippen LogP contribution in [-0.4, -0.2) is 49.2 Å². The molecule has 1 aromatic rings. The van der Waals surface area contributed by atoms with Gasteiger partial charge in [-0.2, -0.15) is 0 Å². The molecule has 1 saturated heterocycles. The lowest BCUT2D eigenvalue weighted by Crippen LogP contribution is -2.57. The second-order valence-corrected chi connectivity index (χ2v) is 5.77. The highest BCUT2D eigenvalue weighted by atomic mass is 16.6. The summed E-state index contributed by atoms with van der Waals surface area (Å²) < 4.78 is 5.32. The highest BCUT2D eigenvalue weighted by Gasteiger charge is 2.32. The third kappa shape index (κ3) is 2.70. The summed E-state index contributed by atoms with van der Waals surface area (Å²) >= 11 is 0. The van der Waals surface area contributed by atoms with Crippen LogP contribution in [0.4, 0.5) is 11.4 Å². The predicted molar refractivity (Wildman–Crippen MR) is 78.6 cm³/mol. The Morgan fingerprint density at radius 2 is 2.05 bits per heavy atom. The van der Waals surface area contributed by atoms with Crippen molar-refractivity contribution in [1.82, 2.24) is 4.90 Å². The maximum absolute atomic E-state index is 10.8. The Kier molecular flexibility index (Phi) is 3.85.